The highest BCUT2D eigenvalue weighted by molar-refractivity contribution is 5.90. The van der Waals surface area contributed by atoms with Crippen LogP contribution in [0.1, 0.15) is 59.8 Å². The minimum Gasteiger partial charge on any atom is -0.392 e. The Morgan fingerprint density at radius 1 is 1.23 bits per heavy atom. The van der Waals surface area contributed by atoms with E-state index in [-0.39, 0.29) is 33.7 Å². The summed E-state index contributed by atoms with van der Waals surface area (Å²) in [5.41, 5.74) is 0.242. The standard InChI is InChI=1S/C20H30O2/c1-6-17(4)9-10-18(5)13(3)20-11-19(16(18)20,8-7-14(20)21)12(2)15(17)22/h6,12-13,15-16,22H,1,7-11H2,2-5H3/t12-,13-,15?,16?,17+,18?,19?,20?/m0/s1. The highest BCUT2D eigenvalue weighted by atomic mass is 16.3. The van der Waals surface area contributed by atoms with Crippen molar-refractivity contribution < 1.29 is 9.90 Å². The fraction of sp³-hybridized carbons (Fsp3) is 0.850. The smallest absolute Gasteiger partial charge is 0.139 e. The second-order valence-electron chi connectivity index (χ2n) is 9.48. The molecule has 4 saturated carbocycles. The minimum absolute atomic E-state index is 0.0249. The van der Waals surface area contributed by atoms with Gasteiger partial charge in [-0.2, -0.15) is 0 Å². The molecule has 5 unspecified atom stereocenters. The fourth-order valence-corrected chi connectivity index (χ4v) is 7.64. The molecule has 2 bridgehead atoms. The lowest BCUT2D eigenvalue weighted by Crippen LogP contribution is -2.83. The third kappa shape index (κ3) is 1.21. The number of carbonyl (C=O) groups is 1. The first-order valence-electron chi connectivity index (χ1n) is 9.04. The monoisotopic (exact) mass is 302 g/mol. The molecule has 4 aliphatic rings. The molecule has 0 heterocycles. The van der Waals surface area contributed by atoms with E-state index in [1.165, 1.54) is 0 Å². The highest BCUT2D eigenvalue weighted by Gasteiger charge is 2.85. The third-order valence-corrected chi connectivity index (χ3v) is 9.19. The van der Waals surface area contributed by atoms with E-state index < -0.39 is 0 Å². The number of aliphatic hydroxyl groups is 1. The second-order valence-corrected chi connectivity index (χ2v) is 9.48. The highest BCUT2D eigenvalue weighted by Crippen LogP contribution is 2.87. The van der Waals surface area contributed by atoms with Crippen LogP contribution in [-0.4, -0.2) is 17.0 Å². The van der Waals surface area contributed by atoms with Crippen LogP contribution in [0.15, 0.2) is 12.7 Å². The van der Waals surface area contributed by atoms with Crippen LogP contribution in [0.2, 0.25) is 0 Å². The van der Waals surface area contributed by atoms with E-state index in [4.69, 9.17) is 0 Å². The summed E-state index contributed by atoms with van der Waals surface area (Å²) in [4.78, 5) is 12.7. The molecule has 0 aromatic heterocycles. The zero-order valence-corrected chi connectivity index (χ0v) is 14.5. The van der Waals surface area contributed by atoms with E-state index in [0.717, 1.165) is 32.1 Å². The van der Waals surface area contributed by atoms with Gasteiger partial charge in [0.2, 0.25) is 0 Å². The van der Waals surface area contributed by atoms with Crippen LogP contribution in [0.3, 0.4) is 0 Å². The van der Waals surface area contributed by atoms with Crippen molar-refractivity contribution in [2.75, 3.05) is 0 Å². The molecular weight excluding hydrogens is 272 g/mol. The van der Waals surface area contributed by atoms with E-state index in [1.54, 1.807) is 0 Å². The first-order chi connectivity index (χ1) is 10.2. The molecule has 0 radical (unpaired) electrons. The van der Waals surface area contributed by atoms with Gasteiger partial charge in [-0.3, -0.25) is 4.79 Å². The first kappa shape index (κ1) is 14.9. The molecule has 8 atom stereocenters. The molecule has 122 valence electrons. The lowest BCUT2D eigenvalue weighted by molar-refractivity contribution is -0.359. The van der Waals surface area contributed by atoms with E-state index in [0.29, 0.717) is 17.6 Å². The van der Waals surface area contributed by atoms with Crippen LogP contribution in [-0.2, 0) is 4.79 Å². The largest absolute Gasteiger partial charge is 0.392 e. The average molecular weight is 302 g/mol. The maximum Gasteiger partial charge on any atom is 0.139 e. The maximum absolute atomic E-state index is 12.7. The Labute approximate surface area is 134 Å². The number of rotatable bonds is 1. The predicted molar refractivity (Wildman–Crippen MR) is 87.2 cm³/mol. The number of carbonyl (C=O) groups excluding carboxylic acids is 1. The Bertz CT molecular complexity index is 568. The van der Waals surface area contributed by atoms with Gasteiger partial charge in [0.25, 0.3) is 0 Å². The summed E-state index contributed by atoms with van der Waals surface area (Å²) < 4.78 is 0. The van der Waals surface area contributed by atoms with E-state index in [1.807, 2.05) is 6.08 Å². The molecule has 22 heavy (non-hydrogen) atoms. The van der Waals surface area contributed by atoms with Gasteiger partial charge in [0.15, 0.2) is 0 Å². The van der Waals surface area contributed by atoms with Gasteiger partial charge in [-0.15, -0.1) is 6.58 Å². The molecule has 2 heteroatoms. The number of hydrogen-bond donors (Lipinski definition) is 1. The van der Waals surface area contributed by atoms with Crippen molar-refractivity contribution >= 4 is 5.78 Å². The third-order valence-electron chi connectivity index (χ3n) is 9.19. The van der Waals surface area contributed by atoms with Gasteiger partial charge in [0.1, 0.15) is 5.78 Å². The van der Waals surface area contributed by atoms with Gasteiger partial charge in [-0.1, -0.05) is 33.8 Å². The van der Waals surface area contributed by atoms with Gasteiger partial charge in [-0.25, -0.2) is 0 Å². The summed E-state index contributed by atoms with van der Waals surface area (Å²) in [6, 6.07) is 0. The van der Waals surface area contributed by atoms with Crippen LogP contribution >= 0.6 is 0 Å². The molecule has 0 aliphatic heterocycles. The van der Waals surface area contributed by atoms with Crippen molar-refractivity contribution in [1.29, 1.82) is 0 Å². The molecule has 0 saturated heterocycles. The molecule has 0 amide bonds. The van der Waals surface area contributed by atoms with Crippen molar-refractivity contribution in [2.45, 2.75) is 65.9 Å². The van der Waals surface area contributed by atoms with Crippen LogP contribution in [0.5, 0.6) is 0 Å². The Balaban J connectivity index is 1.83. The zero-order chi connectivity index (χ0) is 16.1. The average Bonchev–Trinajstić information content (AvgIpc) is 2.49. The van der Waals surface area contributed by atoms with Gasteiger partial charge in [0, 0.05) is 17.3 Å². The lowest BCUT2D eigenvalue weighted by Gasteiger charge is -2.85. The molecule has 1 N–H and O–H groups in total. The Hall–Kier alpha value is -0.630. The number of ketones is 1. The number of aliphatic hydroxyl groups excluding tert-OH is 1. The number of hydrogen-bond acceptors (Lipinski definition) is 2. The lowest BCUT2D eigenvalue weighted by atomic mass is 9.18. The molecule has 0 spiro atoms. The van der Waals surface area contributed by atoms with E-state index in [2.05, 4.69) is 34.3 Å². The number of Topliss-reactive ketones (excluding diaryl/α,β-unsaturated/α-hetero) is 1. The van der Waals surface area contributed by atoms with Gasteiger partial charge in [0.05, 0.1) is 6.10 Å². The normalized spacial score (nSPS) is 62.9. The quantitative estimate of drug-likeness (QED) is 0.744. The van der Waals surface area contributed by atoms with Gasteiger partial charge < -0.3 is 5.11 Å². The van der Waals surface area contributed by atoms with Crippen molar-refractivity contribution in [2.24, 2.45) is 39.4 Å². The van der Waals surface area contributed by atoms with E-state index >= 15 is 0 Å². The molecular formula is C20H30O2. The minimum atomic E-state index is -0.336. The van der Waals surface area contributed by atoms with Crippen molar-refractivity contribution in [3.63, 3.8) is 0 Å². The topological polar surface area (TPSA) is 37.3 Å². The molecule has 2 nitrogen and oxygen atoms in total. The summed E-state index contributed by atoms with van der Waals surface area (Å²) in [6.07, 6.45) is 6.51. The SMILES string of the molecule is C=C[C@]1(C)CCC2(C)C3C4(CCC(=O)C3(C4)[C@H]2C)[C@@H](C)C1O. The molecule has 0 aromatic rings. The second kappa shape index (κ2) is 3.88. The Kier molecular flexibility index (Phi) is 2.63. The van der Waals surface area contributed by atoms with E-state index in [9.17, 15) is 9.90 Å². The van der Waals surface area contributed by atoms with Crippen LogP contribution in [0.4, 0.5) is 0 Å². The molecule has 4 rings (SSSR count). The van der Waals surface area contributed by atoms with Crippen molar-refractivity contribution in [1.82, 2.24) is 0 Å². The maximum atomic E-state index is 12.7. The molecule has 4 aliphatic carbocycles. The van der Waals surface area contributed by atoms with Crippen LogP contribution in [0.25, 0.3) is 0 Å². The van der Waals surface area contributed by atoms with Crippen LogP contribution in [0, 0.1) is 39.4 Å². The molecule has 0 aromatic carbocycles. The zero-order valence-electron chi connectivity index (χ0n) is 14.5. The Morgan fingerprint density at radius 3 is 2.55 bits per heavy atom. The summed E-state index contributed by atoms with van der Waals surface area (Å²) in [6.45, 7) is 13.2. The van der Waals surface area contributed by atoms with Crippen molar-refractivity contribution in [3.05, 3.63) is 12.7 Å². The first-order valence-corrected chi connectivity index (χ1v) is 9.04. The fourth-order valence-electron chi connectivity index (χ4n) is 7.64. The predicted octanol–water partition coefficient (Wildman–Crippen LogP) is 3.98. The summed E-state index contributed by atoms with van der Waals surface area (Å²) in [7, 11) is 0. The summed E-state index contributed by atoms with van der Waals surface area (Å²) in [5.74, 6) is 1.80. The summed E-state index contributed by atoms with van der Waals surface area (Å²) >= 11 is 0. The van der Waals surface area contributed by atoms with Gasteiger partial charge >= 0.3 is 0 Å². The van der Waals surface area contributed by atoms with Crippen molar-refractivity contribution in [3.8, 4) is 0 Å². The van der Waals surface area contributed by atoms with Crippen LogP contribution < -0.4 is 0 Å². The summed E-state index contributed by atoms with van der Waals surface area (Å²) in [5, 5.41) is 11.1. The Morgan fingerprint density at radius 2 is 1.91 bits per heavy atom. The van der Waals surface area contributed by atoms with Gasteiger partial charge in [-0.05, 0) is 54.3 Å². The molecule has 4 fully saturated rings.